The zero-order valence-corrected chi connectivity index (χ0v) is 8.28. The van der Waals surface area contributed by atoms with Gasteiger partial charge in [0.05, 0.1) is 18.1 Å². The van der Waals surface area contributed by atoms with Crippen LogP contribution in [-0.2, 0) is 4.74 Å². The number of hydrogen-bond acceptors (Lipinski definition) is 6. The van der Waals surface area contributed by atoms with Crippen molar-refractivity contribution in [2.24, 2.45) is 0 Å². The Morgan fingerprint density at radius 2 is 2.44 bits per heavy atom. The molecule has 16 heavy (non-hydrogen) atoms. The van der Waals surface area contributed by atoms with E-state index in [2.05, 4.69) is 4.98 Å². The van der Waals surface area contributed by atoms with E-state index in [-0.39, 0.29) is 24.8 Å². The minimum absolute atomic E-state index is 0.0953. The summed E-state index contributed by atoms with van der Waals surface area (Å²) in [4.78, 5) is 13.9. The van der Waals surface area contributed by atoms with Crippen molar-refractivity contribution in [3.8, 4) is 5.88 Å². The molecular formula is C9H10N2O5. The van der Waals surface area contributed by atoms with Crippen molar-refractivity contribution in [3.63, 3.8) is 0 Å². The molecule has 0 spiro atoms. The highest BCUT2D eigenvalue weighted by Crippen LogP contribution is 2.25. The molecule has 1 aliphatic heterocycles. The molecule has 0 unspecified atom stereocenters. The van der Waals surface area contributed by atoms with Gasteiger partial charge >= 0.3 is 5.69 Å². The molecule has 2 atom stereocenters. The fourth-order valence-corrected chi connectivity index (χ4v) is 1.39. The Morgan fingerprint density at radius 3 is 3.06 bits per heavy atom. The molecule has 1 aromatic heterocycles. The number of pyridine rings is 1. The number of hydrogen-bond donors (Lipinski definition) is 1. The Balaban J connectivity index is 2.17. The van der Waals surface area contributed by atoms with Gasteiger partial charge in [0.2, 0.25) is 0 Å². The standard InChI is InChI=1S/C9H10N2O5/c12-7-4-15-5-8(7)16-9-6(11(13)14)2-1-3-10-9/h1-3,7-8,12H,4-5H2/t7-,8-/m1/s1. The van der Waals surface area contributed by atoms with Crippen LogP contribution >= 0.6 is 0 Å². The van der Waals surface area contributed by atoms with Crippen LogP contribution in [0.25, 0.3) is 0 Å². The van der Waals surface area contributed by atoms with E-state index in [1.54, 1.807) is 0 Å². The molecule has 1 aliphatic rings. The van der Waals surface area contributed by atoms with Gasteiger partial charge in [0, 0.05) is 12.3 Å². The minimum atomic E-state index is -0.776. The lowest BCUT2D eigenvalue weighted by Gasteiger charge is -2.13. The molecule has 86 valence electrons. The van der Waals surface area contributed by atoms with Crippen LogP contribution in [0.5, 0.6) is 5.88 Å². The predicted octanol–water partition coefficient (Wildman–Crippen LogP) is 0.128. The summed E-state index contributed by atoms with van der Waals surface area (Å²) in [6.45, 7) is 0.375. The van der Waals surface area contributed by atoms with Gasteiger partial charge in [-0.3, -0.25) is 10.1 Å². The van der Waals surface area contributed by atoms with E-state index in [1.165, 1.54) is 18.3 Å². The van der Waals surface area contributed by atoms with E-state index in [0.717, 1.165) is 0 Å². The van der Waals surface area contributed by atoms with Crippen molar-refractivity contribution in [2.75, 3.05) is 13.2 Å². The molecule has 1 aromatic rings. The number of rotatable bonds is 3. The summed E-state index contributed by atoms with van der Waals surface area (Å²) < 4.78 is 10.2. The summed E-state index contributed by atoms with van der Waals surface area (Å²) in [6.07, 6.45) is 0.0139. The number of nitrogens with zero attached hydrogens (tertiary/aromatic N) is 2. The van der Waals surface area contributed by atoms with Gasteiger partial charge < -0.3 is 14.6 Å². The molecule has 0 bridgehead atoms. The zero-order chi connectivity index (χ0) is 11.5. The van der Waals surface area contributed by atoms with Gasteiger partial charge in [-0.15, -0.1) is 0 Å². The second kappa shape index (κ2) is 4.42. The molecule has 0 aromatic carbocycles. The van der Waals surface area contributed by atoms with Crippen molar-refractivity contribution in [3.05, 3.63) is 28.4 Å². The van der Waals surface area contributed by atoms with E-state index in [0.29, 0.717) is 0 Å². The average Bonchev–Trinajstić information content (AvgIpc) is 2.65. The highest BCUT2D eigenvalue weighted by atomic mass is 16.6. The topological polar surface area (TPSA) is 94.7 Å². The molecule has 2 rings (SSSR count). The van der Waals surface area contributed by atoms with Gasteiger partial charge in [-0.05, 0) is 6.07 Å². The Hall–Kier alpha value is -1.73. The lowest BCUT2D eigenvalue weighted by Crippen LogP contribution is -2.30. The molecule has 0 aliphatic carbocycles. The van der Waals surface area contributed by atoms with Crippen LogP contribution in [0.4, 0.5) is 5.69 Å². The first-order chi connectivity index (χ1) is 7.68. The van der Waals surface area contributed by atoms with Crippen LogP contribution in [0, 0.1) is 10.1 Å². The third-order valence-electron chi connectivity index (χ3n) is 2.21. The largest absolute Gasteiger partial charge is 0.464 e. The average molecular weight is 226 g/mol. The monoisotopic (exact) mass is 226 g/mol. The van der Waals surface area contributed by atoms with Crippen LogP contribution in [0.3, 0.4) is 0 Å². The van der Waals surface area contributed by atoms with Crippen molar-refractivity contribution >= 4 is 5.69 Å². The maximum Gasteiger partial charge on any atom is 0.330 e. The summed E-state index contributed by atoms with van der Waals surface area (Å²) >= 11 is 0. The molecular weight excluding hydrogens is 216 g/mol. The van der Waals surface area contributed by atoms with Crippen LogP contribution < -0.4 is 4.74 Å². The van der Waals surface area contributed by atoms with E-state index in [4.69, 9.17) is 9.47 Å². The Morgan fingerprint density at radius 1 is 1.62 bits per heavy atom. The first-order valence-electron chi connectivity index (χ1n) is 4.70. The first-order valence-corrected chi connectivity index (χ1v) is 4.70. The summed E-state index contributed by atoms with van der Waals surface area (Å²) in [5, 5.41) is 20.1. The number of ether oxygens (including phenoxy) is 2. The number of aliphatic hydroxyl groups excluding tert-OH is 1. The molecule has 0 amide bonds. The molecule has 2 heterocycles. The van der Waals surface area contributed by atoms with Crippen molar-refractivity contribution < 1.29 is 19.5 Å². The fraction of sp³-hybridized carbons (Fsp3) is 0.444. The van der Waals surface area contributed by atoms with Crippen molar-refractivity contribution in [1.29, 1.82) is 0 Å². The molecule has 0 saturated carbocycles. The number of nitro groups is 1. The first kappa shape index (κ1) is 10.8. The molecule has 7 nitrogen and oxygen atoms in total. The highest BCUT2D eigenvalue weighted by Gasteiger charge is 2.30. The highest BCUT2D eigenvalue weighted by molar-refractivity contribution is 5.39. The van der Waals surface area contributed by atoms with Gasteiger partial charge in [-0.1, -0.05) is 0 Å². The third kappa shape index (κ3) is 2.10. The van der Waals surface area contributed by atoms with Gasteiger partial charge in [0.15, 0.2) is 6.10 Å². The van der Waals surface area contributed by atoms with Crippen LogP contribution in [0.1, 0.15) is 0 Å². The summed E-state index contributed by atoms with van der Waals surface area (Å²) in [5.74, 6) is -0.0953. The summed E-state index contributed by atoms with van der Waals surface area (Å²) in [5.41, 5.74) is -0.221. The molecule has 7 heteroatoms. The smallest absolute Gasteiger partial charge is 0.330 e. The van der Waals surface area contributed by atoms with Gasteiger partial charge in [0.25, 0.3) is 5.88 Å². The predicted molar refractivity (Wildman–Crippen MR) is 52.1 cm³/mol. The van der Waals surface area contributed by atoms with Crippen molar-refractivity contribution in [1.82, 2.24) is 4.98 Å². The quantitative estimate of drug-likeness (QED) is 0.581. The van der Waals surface area contributed by atoms with Crippen LogP contribution in [0.15, 0.2) is 18.3 Å². The van der Waals surface area contributed by atoms with Gasteiger partial charge in [-0.2, -0.15) is 0 Å². The number of aromatic nitrogens is 1. The van der Waals surface area contributed by atoms with Crippen LogP contribution in [-0.4, -0.2) is 40.4 Å². The lowest BCUT2D eigenvalue weighted by atomic mass is 10.2. The van der Waals surface area contributed by atoms with Crippen molar-refractivity contribution in [2.45, 2.75) is 12.2 Å². The summed E-state index contributed by atoms with van der Waals surface area (Å²) in [7, 11) is 0. The molecule has 0 radical (unpaired) electrons. The fourth-order valence-electron chi connectivity index (χ4n) is 1.39. The zero-order valence-electron chi connectivity index (χ0n) is 8.28. The van der Waals surface area contributed by atoms with E-state index < -0.39 is 17.1 Å². The Labute approximate surface area is 90.8 Å². The van der Waals surface area contributed by atoms with Gasteiger partial charge in [0.1, 0.15) is 6.10 Å². The van der Waals surface area contributed by atoms with E-state index in [9.17, 15) is 15.2 Å². The maximum absolute atomic E-state index is 10.7. The second-order valence-electron chi connectivity index (χ2n) is 3.35. The lowest BCUT2D eigenvalue weighted by molar-refractivity contribution is -0.386. The van der Waals surface area contributed by atoms with Gasteiger partial charge in [-0.25, -0.2) is 4.98 Å². The van der Waals surface area contributed by atoms with E-state index in [1.807, 2.05) is 0 Å². The molecule has 1 saturated heterocycles. The Bertz CT molecular complexity index is 397. The third-order valence-corrected chi connectivity index (χ3v) is 2.21. The maximum atomic E-state index is 10.7. The molecule has 1 fully saturated rings. The SMILES string of the molecule is O=[N+]([O-])c1cccnc1O[C@@H]1COC[C@H]1O. The summed E-state index contributed by atoms with van der Waals surface area (Å²) in [6, 6.07) is 2.75. The minimum Gasteiger partial charge on any atom is -0.464 e. The van der Waals surface area contributed by atoms with E-state index >= 15 is 0 Å². The van der Waals surface area contributed by atoms with Crippen LogP contribution in [0.2, 0.25) is 0 Å². The Kier molecular flexibility index (Phi) is 2.97. The number of aliphatic hydroxyl groups is 1. The normalized spacial score (nSPS) is 24.3. The second-order valence-corrected chi connectivity index (χ2v) is 3.35. The molecule has 1 N–H and O–H groups in total.